The first-order valence-electron chi connectivity index (χ1n) is 9.32. The Bertz CT molecular complexity index is 269. The van der Waals surface area contributed by atoms with Crippen LogP contribution >= 0.6 is 0 Å². The van der Waals surface area contributed by atoms with Crippen molar-refractivity contribution in [2.24, 2.45) is 5.41 Å². The van der Waals surface area contributed by atoms with Crippen molar-refractivity contribution in [3.8, 4) is 0 Å². The van der Waals surface area contributed by atoms with Crippen molar-refractivity contribution < 1.29 is 0 Å². The maximum atomic E-state index is 3.62. The van der Waals surface area contributed by atoms with Crippen molar-refractivity contribution in [1.29, 1.82) is 0 Å². The number of likely N-dealkylation sites (tertiary alicyclic amines) is 1. The lowest BCUT2D eigenvalue weighted by Gasteiger charge is -2.44. The predicted molar refractivity (Wildman–Crippen MR) is 86.1 cm³/mol. The maximum absolute atomic E-state index is 3.62. The topological polar surface area (TPSA) is 15.3 Å². The van der Waals surface area contributed by atoms with E-state index in [0.717, 1.165) is 11.5 Å². The summed E-state index contributed by atoms with van der Waals surface area (Å²) in [4.78, 5) is 2.74. The van der Waals surface area contributed by atoms with Gasteiger partial charge >= 0.3 is 0 Å². The van der Waals surface area contributed by atoms with Crippen LogP contribution in [0.1, 0.15) is 77.0 Å². The highest BCUT2D eigenvalue weighted by Gasteiger charge is 2.35. The lowest BCUT2D eigenvalue weighted by Crippen LogP contribution is -2.41. The molecule has 0 aromatic carbocycles. The minimum atomic E-state index is 0.781. The summed E-state index contributed by atoms with van der Waals surface area (Å²) in [5.74, 6) is 0. The molecule has 2 aliphatic carbocycles. The molecule has 3 aliphatic rings. The van der Waals surface area contributed by atoms with E-state index in [1.165, 1.54) is 103 Å². The van der Waals surface area contributed by atoms with Crippen molar-refractivity contribution >= 4 is 0 Å². The lowest BCUT2D eigenvalue weighted by molar-refractivity contribution is 0.0670. The first-order valence-corrected chi connectivity index (χ1v) is 9.32. The summed E-state index contributed by atoms with van der Waals surface area (Å²) in [5, 5.41) is 3.62. The number of hydrogen-bond donors (Lipinski definition) is 1. The molecule has 2 nitrogen and oxygen atoms in total. The smallest absolute Gasteiger partial charge is 0.00682 e. The van der Waals surface area contributed by atoms with Gasteiger partial charge in [-0.15, -0.1) is 0 Å². The Hall–Kier alpha value is -0.0800. The number of nitrogens with zero attached hydrogens (tertiary/aromatic N) is 1. The minimum absolute atomic E-state index is 0.781. The van der Waals surface area contributed by atoms with Gasteiger partial charge in [-0.1, -0.05) is 25.7 Å². The van der Waals surface area contributed by atoms with Crippen molar-refractivity contribution in [3.63, 3.8) is 0 Å². The van der Waals surface area contributed by atoms with Crippen molar-refractivity contribution in [3.05, 3.63) is 0 Å². The van der Waals surface area contributed by atoms with Crippen LogP contribution in [0, 0.1) is 5.41 Å². The van der Waals surface area contributed by atoms with E-state index < -0.39 is 0 Å². The monoisotopic (exact) mass is 278 g/mol. The lowest BCUT2D eigenvalue weighted by atomic mass is 9.68. The van der Waals surface area contributed by atoms with Crippen LogP contribution in [0.25, 0.3) is 0 Å². The summed E-state index contributed by atoms with van der Waals surface area (Å²) < 4.78 is 0. The second kappa shape index (κ2) is 7.26. The van der Waals surface area contributed by atoms with E-state index in [0.29, 0.717) is 0 Å². The van der Waals surface area contributed by atoms with Gasteiger partial charge in [0.1, 0.15) is 0 Å². The zero-order valence-corrected chi connectivity index (χ0v) is 13.3. The maximum Gasteiger partial charge on any atom is 0.00682 e. The van der Waals surface area contributed by atoms with Crippen LogP contribution in [-0.2, 0) is 0 Å². The Morgan fingerprint density at radius 2 is 1.60 bits per heavy atom. The van der Waals surface area contributed by atoms with Gasteiger partial charge in [0.2, 0.25) is 0 Å². The van der Waals surface area contributed by atoms with Gasteiger partial charge in [0.25, 0.3) is 0 Å². The van der Waals surface area contributed by atoms with Crippen LogP contribution in [0.5, 0.6) is 0 Å². The molecule has 0 amide bonds. The van der Waals surface area contributed by atoms with E-state index in [-0.39, 0.29) is 0 Å². The van der Waals surface area contributed by atoms with Gasteiger partial charge < -0.3 is 10.2 Å². The molecule has 1 aliphatic heterocycles. The molecule has 1 spiro atoms. The largest absolute Gasteiger partial charge is 0.314 e. The van der Waals surface area contributed by atoms with Gasteiger partial charge in [-0.05, 0) is 83.0 Å². The summed E-state index contributed by atoms with van der Waals surface area (Å²) in [6, 6.07) is 0.892. The van der Waals surface area contributed by atoms with Gasteiger partial charge in [-0.2, -0.15) is 0 Å². The second-order valence-electron chi connectivity index (χ2n) is 7.69. The molecular formula is C18H34N2. The van der Waals surface area contributed by atoms with E-state index in [1.54, 1.807) is 0 Å². The van der Waals surface area contributed by atoms with E-state index in [4.69, 9.17) is 0 Å². The van der Waals surface area contributed by atoms with Crippen LogP contribution < -0.4 is 5.32 Å². The average Bonchev–Trinajstić information content (AvgIpc) is 3.30. The second-order valence-corrected chi connectivity index (χ2v) is 7.69. The summed E-state index contributed by atoms with van der Waals surface area (Å²) in [5.41, 5.74) is 0.781. The average molecular weight is 278 g/mol. The van der Waals surface area contributed by atoms with Crippen LogP contribution in [0.2, 0.25) is 0 Å². The Labute approximate surface area is 125 Å². The summed E-state index contributed by atoms with van der Waals surface area (Å²) in [6.45, 7) is 5.40. The molecule has 2 saturated carbocycles. The number of rotatable bonds is 7. The molecule has 0 bridgehead atoms. The highest BCUT2D eigenvalue weighted by Crippen LogP contribution is 2.44. The molecule has 0 radical (unpaired) electrons. The van der Waals surface area contributed by atoms with Crippen molar-refractivity contribution in [2.75, 3.05) is 26.2 Å². The quantitative estimate of drug-likeness (QED) is 0.709. The van der Waals surface area contributed by atoms with Gasteiger partial charge in [0.05, 0.1) is 0 Å². The van der Waals surface area contributed by atoms with Crippen molar-refractivity contribution in [1.82, 2.24) is 10.2 Å². The van der Waals surface area contributed by atoms with Crippen LogP contribution in [0.15, 0.2) is 0 Å². The van der Waals surface area contributed by atoms with Crippen LogP contribution in [-0.4, -0.2) is 37.1 Å². The van der Waals surface area contributed by atoms with Crippen LogP contribution in [0.4, 0.5) is 0 Å². The molecule has 1 saturated heterocycles. The predicted octanol–water partition coefficient (Wildman–Crippen LogP) is 3.96. The number of piperidine rings is 1. The molecule has 0 unspecified atom stereocenters. The van der Waals surface area contributed by atoms with E-state index in [1.807, 2.05) is 0 Å². The van der Waals surface area contributed by atoms with Gasteiger partial charge in [-0.3, -0.25) is 0 Å². The summed E-state index contributed by atoms with van der Waals surface area (Å²) >= 11 is 0. The molecule has 0 aromatic heterocycles. The standard InChI is InChI=1S/C18H34N2/c1-3-9-18(10-4-1)11-15-20(16-12-18)14-6-2-5-13-19-17-7-8-17/h17,19H,1-16H2. The molecular weight excluding hydrogens is 244 g/mol. The number of nitrogens with one attached hydrogen (secondary N) is 1. The minimum Gasteiger partial charge on any atom is -0.314 e. The normalized spacial score (nSPS) is 27.0. The first kappa shape index (κ1) is 14.8. The molecule has 20 heavy (non-hydrogen) atoms. The fourth-order valence-electron chi connectivity index (χ4n) is 4.28. The summed E-state index contributed by atoms with van der Waals surface area (Å²) in [6.07, 6.45) is 17.6. The number of hydrogen-bond acceptors (Lipinski definition) is 2. The fraction of sp³-hybridized carbons (Fsp3) is 1.00. The third kappa shape index (κ3) is 4.46. The van der Waals surface area contributed by atoms with E-state index in [9.17, 15) is 0 Å². The van der Waals surface area contributed by atoms with Gasteiger partial charge in [0.15, 0.2) is 0 Å². The molecule has 2 heteroatoms. The number of unbranched alkanes of at least 4 members (excludes halogenated alkanes) is 2. The summed E-state index contributed by atoms with van der Waals surface area (Å²) in [7, 11) is 0. The van der Waals surface area contributed by atoms with E-state index in [2.05, 4.69) is 10.2 Å². The van der Waals surface area contributed by atoms with Gasteiger partial charge in [-0.25, -0.2) is 0 Å². The fourth-order valence-corrected chi connectivity index (χ4v) is 4.28. The molecule has 3 fully saturated rings. The first-order chi connectivity index (χ1) is 9.86. The molecule has 116 valence electrons. The molecule has 0 atom stereocenters. The van der Waals surface area contributed by atoms with Crippen molar-refractivity contribution in [2.45, 2.75) is 83.1 Å². The Kier molecular flexibility index (Phi) is 5.39. The highest BCUT2D eigenvalue weighted by molar-refractivity contribution is 4.88. The highest BCUT2D eigenvalue weighted by atomic mass is 15.1. The van der Waals surface area contributed by atoms with E-state index >= 15 is 0 Å². The third-order valence-corrected chi connectivity index (χ3v) is 5.99. The third-order valence-electron chi connectivity index (χ3n) is 5.99. The zero-order valence-electron chi connectivity index (χ0n) is 13.3. The van der Waals surface area contributed by atoms with Gasteiger partial charge in [0, 0.05) is 6.04 Å². The zero-order chi connectivity index (χ0) is 13.7. The Balaban J connectivity index is 1.22. The molecule has 1 heterocycles. The Morgan fingerprint density at radius 1 is 0.850 bits per heavy atom. The molecule has 0 aromatic rings. The Morgan fingerprint density at radius 3 is 2.30 bits per heavy atom. The SMILES string of the molecule is C(CCNC1CC1)CCN1CCC2(CCCCC2)CC1. The molecule has 3 rings (SSSR count). The molecule has 1 N–H and O–H groups in total. The van der Waals surface area contributed by atoms with Crippen LogP contribution in [0.3, 0.4) is 0 Å².